The maximum atomic E-state index is 6.36. The monoisotopic (exact) mass is 384 g/mol. The maximum absolute atomic E-state index is 6.36. The Kier molecular flexibility index (Phi) is 4.94. The third-order valence-corrected chi connectivity index (χ3v) is 5.83. The number of rotatable bonds is 4. The fourth-order valence-electron chi connectivity index (χ4n) is 3.68. The van der Waals surface area contributed by atoms with Crippen molar-refractivity contribution in [2.24, 2.45) is 7.05 Å². The minimum atomic E-state index is 0.420. The van der Waals surface area contributed by atoms with Gasteiger partial charge in [-0.3, -0.25) is 4.90 Å². The molecule has 1 atom stereocenters. The van der Waals surface area contributed by atoms with Gasteiger partial charge in [0, 0.05) is 25.2 Å². The van der Waals surface area contributed by atoms with Crippen LogP contribution in [0.25, 0.3) is 11.4 Å². The molecule has 0 unspecified atom stereocenters. The van der Waals surface area contributed by atoms with Crippen LogP contribution in [0.4, 0.5) is 0 Å². The van der Waals surface area contributed by atoms with E-state index in [1.807, 2.05) is 40.6 Å². The van der Waals surface area contributed by atoms with E-state index in [9.17, 15) is 0 Å². The first kappa shape index (κ1) is 17.5. The number of hydrogen-bond donors (Lipinski definition) is 0. The van der Waals surface area contributed by atoms with Gasteiger partial charge in [0.1, 0.15) is 0 Å². The van der Waals surface area contributed by atoms with Crippen LogP contribution < -0.4 is 0 Å². The van der Waals surface area contributed by atoms with Crippen LogP contribution in [0, 0.1) is 4.77 Å². The van der Waals surface area contributed by atoms with Crippen LogP contribution >= 0.6 is 23.8 Å². The normalized spacial score (nSPS) is 17.7. The summed E-state index contributed by atoms with van der Waals surface area (Å²) in [5, 5.41) is 5.47. The van der Waals surface area contributed by atoms with E-state index in [0.29, 0.717) is 22.5 Å². The van der Waals surface area contributed by atoms with Crippen molar-refractivity contribution >= 4 is 23.8 Å². The molecular formula is C20H21ClN4S. The van der Waals surface area contributed by atoms with Crippen LogP contribution in [0.15, 0.2) is 54.6 Å². The highest BCUT2D eigenvalue weighted by Gasteiger charge is 2.27. The molecule has 1 aliphatic heterocycles. The first-order valence-corrected chi connectivity index (χ1v) is 9.61. The van der Waals surface area contributed by atoms with E-state index < -0.39 is 0 Å². The SMILES string of the molecule is Cn1c(-c2ccccc2Cl)nn(CN2CCC[C@H]2c2ccccc2)c1=S. The molecule has 0 N–H and O–H groups in total. The van der Waals surface area contributed by atoms with Gasteiger partial charge >= 0.3 is 0 Å². The summed E-state index contributed by atoms with van der Waals surface area (Å²) < 4.78 is 4.55. The Labute approximate surface area is 163 Å². The van der Waals surface area contributed by atoms with Gasteiger partial charge in [-0.25, -0.2) is 4.68 Å². The Bertz CT molecular complexity index is 963. The van der Waals surface area contributed by atoms with E-state index in [4.69, 9.17) is 28.9 Å². The topological polar surface area (TPSA) is 26.0 Å². The molecule has 4 nitrogen and oxygen atoms in total. The Hall–Kier alpha value is -1.95. The summed E-state index contributed by atoms with van der Waals surface area (Å²) in [7, 11) is 1.95. The van der Waals surface area contributed by atoms with Gasteiger partial charge in [-0.1, -0.05) is 54.1 Å². The zero-order valence-corrected chi connectivity index (χ0v) is 16.2. The molecule has 0 radical (unpaired) electrons. The minimum absolute atomic E-state index is 0.420. The third-order valence-electron chi connectivity index (χ3n) is 5.02. The molecule has 1 aliphatic rings. The first-order valence-electron chi connectivity index (χ1n) is 8.83. The van der Waals surface area contributed by atoms with Crippen molar-refractivity contribution in [1.82, 2.24) is 19.2 Å². The summed E-state index contributed by atoms with van der Waals surface area (Å²) in [6, 6.07) is 18.9. The second-order valence-corrected chi connectivity index (χ2v) is 7.44. The predicted octanol–water partition coefficient (Wildman–Crippen LogP) is 5.07. The third kappa shape index (κ3) is 3.22. The minimum Gasteiger partial charge on any atom is -0.303 e. The molecule has 4 rings (SSSR count). The standard InChI is InChI=1S/C20H21ClN4S/c1-23-19(16-10-5-6-11-17(16)21)22-25(20(23)26)14-24-13-7-12-18(24)15-8-3-2-4-9-15/h2-6,8-11,18H,7,12-14H2,1H3/t18-/m0/s1. The molecule has 3 aromatic rings. The van der Waals surface area contributed by atoms with Gasteiger partial charge in [-0.15, -0.1) is 0 Å². The van der Waals surface area contributed by atoms with E-state index in [-0.39, 0.29) is 0 Å². The molecule has 1 fully saturated rings. The molecule has 0 saturated carbocycles. The van der Waals surface area contributed by atoms with Crippen LogP contribution in [0.2, 0.25) is 5.02 Å². The van der Waals surface area contributed by atoms with Gasteiger partial charge < -0.3 is 4.57 Å². The molecule has 2 aromatic carbocycles. The number of hydrogen-bond acceptors (Lipinski definition) is 3. The molecular weight excluding hydrogens is 364 g/mol. The highest BCUT2D eigenvalue weighted by atomic mass is 35.5. The van der Waals surface area contributed by atoms with Crippen LogP contribution in [0.3, 0.4) is 0 Å². The summed E-state index contributed by atoms with van der Waals surface area (Å²) in [5.41, 5.74) is 2.27. The summed E-state index contributed by atoms with van der Waals surface area (Å²) in [5.74, 6) is 0.802. The lowest BCUT2D eigenvalue weighted by atomic mass is 10.1. The molecule has 0 aliphatic carbocycles. The highest BCUT2D eigenvalue weighted by Crippen LogP contribution is 2.32. The van der Waals surface area contributed by atoms with E-state index in [1.165, 1.54) is 18.4 Å². The zero-order valence-electron chi connectivity index (χ0n) is 14.7. The second kappa shape index (κ2) is 7.35. The van der Waals surface area contributed by atoms with E-state index >= 15 is 0 Å². The van der Waals surface area contributed by atoms with Gasteiger partial charge in [0.2, 0.25) is 0 Å². The number of nitrogens with zero attached hydrogens (tertiary/aromatic N) is 4. The quantitative estimate of drug-likeness (QED) is 0.587. The second-order valence-electron chi connectivity index (χ2n) is 6.67. The molecule has 0 bridgehead atoms. The summed E-state index contributed by atoms with van der Waals surface area (Å²) in [6.45, 7) is 1.75. The molecule has 134 valence electrons. The average Bonchev–Trinajstić information content (AvgIpc) is 3.23. The van der Waals surface area contributed by atoms with Crippen molar-refractivity contribution in [3.63, 3.8) is 0 Å². The van der Waals surface area contributed by atoms with Gasteiger partial charge in [-0.2, -0.15) is 5.10 Å². The highest BCUT2D eigenvalue weighted by molar-refractivity contribution is 7.71. The van der Waals surface area contributed by atoms with Crippen LogP contribution in [-0.2, 0) is 13.7 Å². The van der Waals surface area contributed by atoms with Gasteiger partial charge in [0.15, 0.2) is 10.6 Å². The Morgan fingerprint density at radius 2 is 1.85 bits per heavy atom. The van der Waals surface area contributed by atoms with Crippen molar-refractivity contribution < 1.29 is 0 Å². The Morgan fingerprint density at radius 1 is 1.12 bits per heavy atom. The van der Waals surface area contributed by atoms with E-state index in [1.54, 1.807) is 0 Å². The number of halogens is 1. The maximum Gasteiger partial charge on any atom is 0.199 e. The predicted molar refractivity (Wildman–Crippen MR) is 108 cm³/mol. The molecule has 26 heavy (non-hydrogen) atoms. The molecule has 1 aromatic heterocycles. The fraction of sp³-hybridized carbons (Fsp3) is 0.300. The Balaban J connectivity index is 1.64. The smallest absolute Gasteiger partial charge is 0.199 e. The van der Waals surface area contributed by atoms with Crippen LogP contribution in [0.1, 0.15) is 24.4 Å². The summed E-state index contributed by atoms with van der Waals surface area (Å²) in [6.07, 6.45) is 2.36. The Morgan fingerprint density at radius 3 is 2.62 bits per heavy atom. The van der Waals surface area contributed by atoms with Crippen LogP contribution in [0.5, 0.6) is 0 Å². The van der Waals surface area contributed by atoms with Gasteiger partial charge in [0.25, 0.3) is 0 Å². The number of benzene rings is 2. The molecule has 2 heterocycles. The summed E-state index contributed by atoms with van der Waals surface area (Å²) in [4.78, 5) is 2.45. The van der Waals surface area contributed by atoms with Crippen molar-refractivity contribution in [2.45, 2.75) is 25.6 Å². The molecule has 6 heteroatoms. The molecule has 0 spiro atoms. The molecule has 1 saturated heterocycles. The van der Waals surface area contributed by atoms with Crippen molar-refractivity contribution in [2.75, 3.05) is 6.54 Å². The number of aromatic nitrogens is 3. The van der Waals surface area contributed by atoms with E-state index in [0.717, 1.165) is 17.9 Å². The number of likely N-dealkylation sites (tertiary alicyclic amines) is 1. The fourth-order valence-corrected chi connectivity index (χ4v) is 4.08. The van der Waals surface area contributed by atoms with Crippen molar-refractivity contribution in [3.05, 3.63) is 70.0 Å². The van der Waals surface area contributed by atoms with Crippen molar-refractivity contribution in [1.29, 1.82) is 0 Å². The zero-order chi connectivity index (χ0) is 18.1. The van der Waals surface area contributed by atoms with E-state index in [2.05, 4.69) is 35.2 Å². The molecule has 0 amide bonds. The van der Waals surface area contributed by atoms with Crippen molar-refractivity contribution in [3.8, 4) is 11.4 Å². The first-order chi connectivity index (χ1) is 12.6. The lowest BCUT2D eigenvalue weighted by Gasteiger charge is -2.24. The average molecular weight is 385 g/mol. The summed E-state index contributed by atoms with van der Waals surface area (Å²) >= 11 is 12.0. The lowest BCUT2D eigenvalue weighted by Crippen LogP contribution is -2.27. The van der Waals surface area contributed by atoms with Gasteiger partial charge in [-0.05, 0) is 42.8 Å². The lowest BCUT2D eigenvalue weighted by molar-refractivity contribution is 0.190. The van der Waals surface area contributed by atoms with Crippen LogP contribution in [-0.4, -0.2) is 25.8 Å². The van der Waals surface area contributed by atoms with Gasteiger partial charge in [0.05, 0.1) is 11.7 Å². The largest absolute Gasteiger partial charge is 0.303 e.